The lowest BCUT2D eigenvalue weighted by Gasteiger charge is -2.07. The highest BCUT2D eigenvalue weighted by Gasteiger charge is 2.00. The molecule has 0 unspecified atom stereocenters. The number of hydrogen-bond donors (Lipinski definition) is 3. The standard InChI is InChI=1S/C11H14BrN3O2/c12-9-2-4-10(5-3-9)15-11(17)14-7-1-6-13-8-16/h2-5,8H,1,6-7H2,(H,13,16)(H2,14,15,17). The molecule has 0 bridgehead atoms. The molecule has 17 heavy (non-hydrogen) atoms. The van der Waals surface area contributed by atoms with Gasteiger partial charge in [0.2, 0.25) is 6.41 Å². The molecular weight excluding hydrogens is 286 g/mol. The van der Waals surface area contributed by atoms with Crippen molar-refractivity contribution in [3.8, 4) is 0 Å². The smallest absolute Gasteiger partial charge is 0.319 e. The molecular formula is C11H14BrN3O2. The summed E-state index contributed by atoms with van der Waals surface area (Å²) >= 11 is 3.31. The van der Waals surface area contributed by atoms with Crippen LogP contribution >= 0.6 is 15.9 Å². The molecule has 1 rings (SSSR count). The molecule has 0 fully saturated rings. The predicted molar refractivity (Wildman–Crippen MR) is 69.8 cm³/mol. The summed E-state index contributed by atoms with van der Waals surface area (Å²) < 4.78 is 0.961. The maximum absolute atomic E-state index is 11.4. The summed E-state index contributed by atoms with van der Waals surface area (Å²) in [5.74, 6) is 0. The van der Waals surface area contributed by atoms with Crippen LogP contribution in [0.3, 0.4) is 0 Å². The number of hydrogen-bond acceptors (Lipinski definition) is 2. The third-order valence-corrected chi connectivity index (χ3v) is 2.50. The SMILES string of the molecule is O=CNCCCNC(=O)Nc1ccc(Br)cc1. The Kier molecular flexibility index (Phi) is 6.09. The van der Waals surface area contributed by atoms with Crippen LogP contribution in [0.25, 0.3) is 0 Å². The van der Waals surface area contributed by atoms with Crippen molar-refractivity contribution in [3.63, 3.8) is 0 Å². The molecule has 0 heterocycles. The van der Waals surface area contributed by atoms with Crippen molar-refractivity contribution >= 4 is 34.1 Å². The normalized spacial score (nSPS) is 9.47. The van der Waals surface area contributed by atoms with Crippen molar-refractivity contribution in [1.82, 2.24) is 10.6 Å². The van der Waals surface area contributed by atoms with E-state index in [0.29, 0.717) is 25.9 Å². The fraction of sp³-hybridized carbons (Fsp3) is 0.273. The van der Waals surface area contributed by atoms with Gasteiger partial charge in [-0.3, -0.25) is 4.79 Å². The van der Waals surface area contributed by atoms with Gasteiger partial charge in [-0.15, -0.1) is 0 Å². The lowest BCUT2D eigenvalue weighted by molar-refractivity contribution is -0.109. The van der Waals surface area contributed by atoms with Gasteiger partial charge >= 0.3 is 6.03 Å². The average Bonchev–Trinajstić information content (AvgIpc) is 2.32. The number of amides is 3. The molecule has 0 atom stereocenters. The Morgan fingerprint density at radius 1 is 1.24 bits per heavy atom. The number of rotatable bonds is 6. The lowest BCUT2D eigenvalue weighted by Crippen LogP contribution is -2.31. The van der Waals surface area contributed by atoms with E-state index in [0.717, 1.165) is 10.2 Å². The van der Waals surface area contributed by atoms with E-state index < -0.39 is 0 Å². The van der Waals surface area contributed by atoms with Gasteiger partial charge in [0.25, 0.3) is 0 Å². The minimum absolute atomic E-state index is 0.251. The number of halogens is 1. The van der Waals surface area contributed by atoms with Gasteiger partial charge in [0.05, 0.1) is 0 Å². The van der Waals surface area contributed by atoms with Crippen LogP contribution in [0.5, 0.6) is 0 Å². The minimum atomic E-state index is -0.251. The molecule has 0 aliphatic heterocycles. The Hall–Kier alpha value is -1.56. The summed E-state index contributed by atoms with van der Waals surface area (Å²) in [4.78, 5) is 21.4. The predicted octanol–water partition coefficient (Wildman–Crippen LogP) is 1.71. The van der Waals surface area contributed by atoms with E-state index in [1.54, 1.807) is 12.1 Å². The average molecular weight is 300 g/mol. The molecule has 0 spiro atoms. The third-order valence-electron chi connectivity index (χ3n) is 1.97. The quantitative estimate of drug-likeness (QED) is 0.553. The second-order valence-electron chi connectivity index (χ2n) is 3.31. The van der Waals surface area contributed by atoms with Gasteiger partial charge in [0.1, 0.15) is 0 Å². The second-order valence-corrected chi connectivity index (χ2v) is 4.23. The first-order chi connectivity index (χ1) is 8.22. The van der Waals surface area contributed by atoms with E-state index in [1.165, 1.54) is 0 Å². The van der Waals surface area contributed by atoms with Gasteiger partial charge in [-0.2, -0.15) is 0 Å². The van der Waals surface area contributed by atoms with Crippen LogP contribution in [-0.4, -0.2) is 25.5 Å². The van der Waals surface area contributed by atoms with E-state index in [4.69, 9.17) is 0 Å². The van der Waals surface area contributed by atoms with Crippen LogP contribution in [0.2, 0.25) is 0 Å². The Bertz CT molecular complexity index is 367. The first-order valence-electron chi connectivity index (χ1n) is 5.20. The largest absolute Gasteiger partial charge is 0.359 e. The Morgan fingerprint density at radius 2 is 1.94 bits per heavy atom. The summed E-state index contributed by atoms with van der Waals surface area (Å²) in [5, 5.41) is 7.91. The molecule has 0 aliphatic rings. The zero-order valence-corrected chi connectivity index (χ0v) is 10.8. The number of benzene rings is 1. The first-order valence-corrected chi connectivity index (χ1v) is 5.99. The number of carbonyl (C=O) groups excluding carboxylic acids is 2. The summed E-state index contributed by atoms with van der Waals surface area (Å²) in [6, 6.07) is 7.06. The molecule has 1 aromatic carbocycles. The summed E-state index contributed by atoms with van der Waals surface area (Å²) in [5.41, 5.74) is 0.733. The number of urea groups is 1. The Balaban J connectivity index is 2.20. The fourth-order valence-corrected chi connectivity index (χ4v) is 1.42. The van der Waals surface area contributed by atoms with Gasteiger partial charge < -0.3 is 16.0 Å². The highest BCUT2D eigenvalue weighted by Crippen LogP contribution is 2.13. The minimum Gasteiger partial charge on any atom is -0.359 e. The maximum Gasteiger partial charge on any atom is 0.319 e. The lowest BCUT2D eigenvalue weighted by atomic mass is 10.3. The number of nitrogens with one attached hydrogen (secondary N) is 3. The summed E-state index contributed by atoms with van der Waals surface area (Å²) in [7, 11) is 0. The van der Waals surface area contributed by atoms with E-state index in [-0.39, 0.29) is 6.03 Å². The topological polar surface area (TPSA) is 70.2 Å². The van der Waals surface area contributed by atoms with Crippen molar-refractivity contribution in [2.45, 2.75) is 6.42 Å². The monoisotopic (exact) mass is 299 g/mol. The van der Waals surface area contributed by atoms with Crippen LogP contribution in [-0.2, 0) is 4.79 Å². The molecule has 0 saturated heterocycles. The molecule has 0 saturated carbocycles. The van der Waals surface area contributed by atoms with E-state index in [9.17, 15) is 9.59 Å². The molecule has 0 aliphatic carbocycles. The Labute approximate surface area is 108 Å². The molecule has 0 radical (unpaired) electrons. The molecule has 5 nitrogen and oxygen atoms in total. The van der Waals surface area contributed by atoms with Crippen LogP contribution in [0.4, 0.5) is 10.5 Å². The van der Waals surface area contributed by atoms with E-state index in [2.05, 4.69) is 31.9 Å². The van der Waals surface area contributed by atoms with Crippen molar-refractivity contribution in [2.75, 3.05) is 18.4 Å². The van der Waals surface area contributed by atoms with E-state index >= 15 is 0 Å². The molecule has 0 aromatic heterocycles. The van der Waals surface area contributed by atoms with E-state index in [1.807, 2.05) is 12.1 Å². The van der Waals surface area contributed by atoms with Gasteiger partial charge in [-0.05, 0) is 30.7 Å². The van der Waals surface area contributed by atoms with Crippen LogP contribution in [0, 0.1) is 0 Å². The van der Waals surface area contributed by atoms with Gasteiger partial charge in [0.15, 0.2) is 0 Å². The van der Waals surface area contributed by atoms with Crippen molar-refractivity contribution in [2.24, 2.45) is 0 Å². The maximum atomic E-state index is 11.4. The van der Waals surface area contributed by atoms with Gasteiger partial charge in [0, 0.05) is 23.2 Å². The zero-order valence-electron chi connectivity index (χ0n) is 9.20. The fourth-order valence-electron chi connectivity index (χ4n) is 1.16. The second kappa shape index (κ2) is 7.67. The summed E-state index contributed by atoms with van der Waals surface area (Å²) in [6.45, 7) is 1.07. The molecule has 3 amide bonds. The zero-order chi connectivity index (χ0) is 12.5. The van der Waals surface area contributed by atoms with Crippen LogP contribution in [0.15, 0.2) is 28.7 Å². The molecule has 3 N–H and O–H groups in total. The summed E-state index contributed by atoms with van der Waals surface area (Å²) in [6.07, 6.45) is 1.34. The van der Waals surface area contributed by atoms with Crippen LogP contribution in [0.1, 0.15) is 6.42 Å². The Morgan fingerprint density at radius 3 is 2.59 bits per heavy atom. The number of anilines is 1. The highest BCUT2D eigenvalue weighted by atomic mass is 79.9. The third kappa shape index (κ3) is 5.91. The van der Waals surface area contributed by atoms with Crippen molar-refractivity contribution in [3.05, 3.63) is 28.7 Å². The number of carbonyl (C=O) groups is 2. The molecule has 6 heteroatoms. The van der Waals surface area contributed by atoms with Gasteiger partial charge in [-0.1, -0.05) is 15.9 Å². The molecule has 92 valence electrons. The van der Waals surface area contributed by atoms with Crippen molar-refractivity contribution in [1.29, 1.82) is 0 Å². The highest BCUT2D eigenvalue weighted by molar-refractivity contribution is 9.10. The molecule has 1 aromatic rings. The van der Waals surface area contributed by atoms with Gasteiger partial charge in [-0.25, -0.2) is 4.79 Å². The van der Waals surface area contributed by atoms with Crippen LogP contribution < -0.4 is 16.0 Å². The first kappa shape index (κ1) is 13.5. The van der Waals surface area contributed by atoms with Crippen molar-refractivity contribution < 1.29 is 9.59 Å².